The fourth-order valence-electron chi connectivity index (χ4n) is 1.18. The molecule has 0 aromatic heterocycles. The quantitative estimate of drug-likeness (QED) is 0.552. The van der Waals surface area contributed by atoms with Crippen molar-refractivity contribution in [1.29, 1.82) is 0 Å². The zero-order valence-corrected chi connectivity index (χ0v) is 10.1. The molecule has 0 rings (SSSR count). The summed E-state index contributed by atoms with van der Waals surface area (Å²) in [6.45, 7) is 10.6. The summed E-state index contributed by atoms with van der Waals surface area (Å²) in [6, 6.07) is 0.547. The van der Waals surface area contributed by atoms with E-state index in [1.165, 1.54) is 6.42 Å². The van der Waals surface area contributed by atoms with Crippen LogP contribution in [0.2, 0.25) is 0 Å². The van der Waals surface area contributed by atoms with E-state index in [2.05, 4.69) is 31.4 Å². The van der Waals surface area contributed by atoms with Crippen molar-refractivity contribution in [2.45, 2.75) is 33.2 Å². The maximum Gasteiger partial charge on any atom is 0.0587 e. The molecule has 86 valence electrons. The average Bonchev–Trinajstić information content (AvgIpc) is 2.12. The number of nitrogens with one attached hydrogen (secondary N) is 2. The van der Waals surface area contributed by atoms with Crippen molar-refractivity contribution in [3.05, 3.63) is 0 Å². The summed E-state index contributed by atoms with van der Waals surface area (Å²) in [5, 5.41) is 6.82. The van der Waals surface area contributed by atoms with Crippen LogP contribution < -0.4 is 10.6 Å². The summed E-state index contributed by atoms with van der Waals surface area (Å²) in [5.74, 6) is 0.788. The summed E-state index contributed by atoms with van der Waals surface area (Å²) in [4.78, 5) is 0. The van der Waals surface area contributed by atoms with Gasteiger partial charge < -0.3 is 15.4 Å². The standard InChI is InChI=1S/C11H26N2O/c1-10(2)5-6-13-11(3)9-12-7-8-14-4/h10-13H,5-9H2,1-4H3. The molecule has 3 heteroatoms. The third kappa shape index (κ3) is 9.96. The van der Waals surface area contributed by atoms with Gasteiger partial charge in [0.25, 0.3) is 0 Å². The van der Waals surface area contributed by atoms with Crippen LogP contribution in [0.25, 0.3) is 0 Å². The lowest BCUT2D eigenvalue weighted by atomic mass is 10.1. The zero-order chi connectivity index (χ0) is 10.8. The molecule has 0 fully saturated rings. The molecule has 0 aliphatic heterocycles. The fraction of sp³-hybridized carbons (Fsp3) is 1.00. The summed E-state index contributed by atoms with van der Waals surface area (Å²) in [5.41, 5.74) is 0. The molecular weight excluding hydrogens is 176 g/mol. The van der Waals surface area contributed by atoms with E-state index in [1.54, 1.807) is 7.11 Å². The van der Waals surface area contributed by atoms with Gasteiger partial charge in [-0.3, -0.25) is 0 Å². The van der Waals surface area contributed by atoms with Crippen LogP contribution in [-0.4, -0.2) is 39.4 Å². The molecule has 0 saturated heterocycles. The molecule has 0 radical (unpaired) electrons. The van der Waals surface area contributed by atoms with Crippen molar-refractivity contribution in [2.24, 2.45) is 5.92 Å². The van der Waals surface area contributed by atoms with E-state index in [4.69, 9.17) is 4.74 Å². The molecule has 0 aromatic carbocycles. The monoisotopic (exact) mass is 202 g/mol. The van der Waals surface area contributed by atoms with E-state index < -0.39 is 0 Å². The van der Waals surface area contributed by atoms with Crippen molar-refractivity contribution in [3.8, 4) is 0 Å². The van der Waals surface area contributed by atoms with E-state index in [-0.39, 0.29) is 0 Å². The molecule has 0 amide bonds. The van der Waals surface area contributed by atoms with E-state index in [0.717, 1.165) is 32.2 Å². The minimum absolute atomic E-state index is 0.547. The first-order chi connectivity index (χ1) is 6.66. The Morgan fingerprint density at radius 2 is 1.86 bits per heavy atom. The molecule has 0 aliphatic rings. The lowest BCUT2D eigenvalue weighted by Gasteiger charge is -2.15. The molecule has 0 saturated carbocycles. The highest BCUT2D eigenvalue weighted by Crippen LogP contribution is 1.96. The highest BCUT2D eigenvalue weighted by Gasteiger charge is 2.00. The van der Waals surface area contributed by atoms with Gasteiger partial charge in [-0.2, -0.15) is 0 Å². The number of rotatable bonds is 9. The minimum atomic E-state index is 0.547. The van der Waals surface area contributed by atoms with Gasteiger partial charge >= 0.3 is 0 Å². The Morgan fingerprint density at radius 3 is 2.43 bits per heavy atom. The third-order valence-electron chi connectivity index (χ3n) is 2.15. The highest BCUT2D eigenvalue weighted by molar-refractivity contribution is 4.64. The topological polar surface area (TPSA) is 33.3 Å². The molecule has 14 heavy (non-hydrogen) atoms. The molecule has 2 N–H and O–H groups in total. The van der Waals surface area contributed by atoms with Crippen LogP contribution in [0.1, 0.15) is 27.2 Å². The van der Waals surface area contributed by atoms with E-state index in [0.29, 0.717) is 6.04 Å². The van der Waals surface area contributed by atoms with Crippen molar-refractivity contribution in [2.75, 3.05) is 33.4 Å². The lowest BCUT2D eigenvalue weighted by Crippen LogP contribution is -2.38. The highest BCUT2D eigenvalue weighted by atomic mass is 16.5. The van der Waals surface area contributed by atoms with Gasteiger partial charge in [-0.15, -0.1) is 0 Å². The zero-order valence-electron chi connectivity index (χ0n) is 10.1. The van der Waals surface area contributed by atoms with Gasteiger partial charge in [-0.1, -0.05) is 13.8 Å². The van der Waals surface area contributed by atoms with Gasteiger partial charge in [0.05, 0.1) is 6.61 Å². The summed E-state index contributed by atoms with van der Waals surface area (Å²) < 4.78 is 4.95. The number of hydrogen-bond donors (Lipinski definition) is 2. The maximum absolute atomic E-state index is 4.95. The average molecular weight is 202 g/mol. The van der Waals surface area contributed by atoms with Crippen LogP contribution in [0.4, 0.5) is 0 Å². The predicted octanol–water partition coefficient (Wildman–Crippen LogP) is 1.25. The lowest BCUT2D eigenvalue weighted by molar-refractivity contribution is 0.198. The summed E-state index contributed by atoms with van der Waals surface area (Å²) >= 11 is 0. The van der Waals surface area contributed by atoms with E-state index in [1.807, 2.05) is 0 Å². The predicted molar refractivity (Wildman–Crippen MR) is 61.7 cm³/mol. The maximum atomic E-state index is 4.95. The largest absolute Gasteiger partial charge is 0.383 e. The summed E-state index contributed by atoms with van der Waals surface area (Å²) in [6.07, 6.45) is 1.25. The Labute approximate surface area is 88.6 Å². The SMILES string of the molecule is COCCNCC(C)NCCC(C)C. The molecule has 1 unspecified atom stereocenters. The third-order valence-corrected chi connectivity index (χ3v) is 2.15. The van der Waals surface area contributed by atoms with E-state index in [9.17, 15) is 0 Å². The Hall–Kier alpha value is -0.120. The second kappa shape index (κ2) is 9.44. The van der Waals surface area contributed by atoms with Gasteiger partial charge in [-0.25, -0.2) is 0 Å². The molecule has 0 bridgehead atoms. The molecular formula is C11H26N2O. The van der Waals surface area contributed by atoms with Gasteiger partial charge in [0.1, 0.15) is 0 Å². The Balaban J connectivity index is 3.15. The van der Waals surface area contributed by atoms with Crippen LogP contribution in [0.3, 0.4) is 0 Å². The second-order valence-corrected chi connectivity index (χ2v) is 4.23. The van der Waals surface area contributed by atoms with Crippen molar-refractivity contribution < 1.29 is 4.74 Å². The summed E-state index contributed by atoms with van der Waals surface area (Å²) in [7, 11) is 1.73. The first kappa shape index (κ1) is 13.9. The number of methoxy groups -OCH3 is 1. The number of hydrogen-bond acceptors (Lipinski definition) is 3. The second-order valence-electron chi connectivity index (χ2n) is 4.23. The van der Waals surface area contributed by atoms with Gasteiger partial charge in [0, 0.05) is 26.2 Å². The smallest absolute Gasteiger partial charge is 0.0587 e. The normalized spacial score (nSPS) is 13.5. The Bertz CT molecular complexity index is 118. The molecule has 0 spiro atoms. The van der Waals surface area contributed by atoms with Crippen LogP contribution in [0, 0.1) is 5.92 Å². The van der Waals surface area contributed by atoms with Crippen molar-refractivity contribution >= 4 is 0 Å². The first-order valence-electron chi connectivity index (χ1n) is 5.59. The molecule has 1 atom stereocenters. The van der Waals surface area contributed by atoms with Crippen molar-refractivity contribution in [1.82, 2.24) is 10.6 Å². The molecule has 0 aromatic rings. The van der Waals surface area contributed by atoms with Crippen LogP contribution in [0.5, 0.6) is 0 Å². The fourth-order valence-corrected chi connectivity index (χ4v) is 1.18. The van der Waals surface area contributed by atoms with Crippen LogP contribution in [-0.2, 0) is 4.74 Å². The van der Waals surface area contributed by atoms with Crippen LogP contribution >= 0.6 is 0 Å². The molecule has 3 nitrogen and oxygen atoms in total. The Kier molecular flexibility index (Phi) is 9.35. The van der Waals surface area contributed by atoms with Gasteiger partial charge in [0.15, 0.2) is 0 Å². The van der Waals surface area contributed by atoms with E-state index >= 15 is 0 Å². The molecule has 0 heterocycles. The van der Waals surface area contributed by atoms with Crippen LogP contribution in [0.15, 0.2) is 0 Å². The molecule has 0 aliphatic carbocycles. The number of ether oxygens (including phenoxy) is 1. The minimum Gasteiger partial charge on any atom is -0.383 e. The first-order valence-corrected chi connectivity index (χ1v) is 5.59. The van der Waals surface area contributed by atoms with Crippen molar-refractivity contribution in [3.63, 3.8) is 0 Å². The Morgan fingerprint density at radius 1 is 1.14 bits per heavy atom. The van der Waals surface area contributed by atoms with Gasteiger partial charge in [0.2, 0.25) is 0 Å². The van der Waals surface area contributed by atoms with Gasteiger partial charge in [-0.05, 0) is 25.8 Å².